The second-order valence-electron chi connectivity index (χ2n) is 5.80. The molecule has 1 atom stereocenters. The second kappa shape index (κ2) is 8.12. The van der Waals surface area contributed by atoms with Crippen molar-refractivity contribution < 1.29 is 4.79 Å². The first kappa shape index (κ1) is 18.2. The Morgan fingerprint density at radius 3 is 2.71 bits per heavy atom. The molecule has 2 heterocycles. The maximum atomic E-state index is 12.3. The van der Waals surface area contributed by atoms with E-state index in [0.29, 0.717) is 10.8 Å². The fourth-order valence-electron chi connectivity index (χ4n) is 2.89. The molecule has 8 heteroatoms. The van der Waals surface area contributed by atoms with Crippen LogP contribution in [0.15, 0.2) is 33.9 Å². The Labute approximate surface area is 144 Å². The SMILES string of the molecule is Cl.O=C(CCn1[nH]c(=O)c2ccccc2c1=O)N[C@H]1CCCNC1. The van der Waals surface area contributed by atoms with Crippen LogP contribution in [-0.4, -0.2) is 34.8 Å². The Kier molecular flexibility index (Phi) is 6.16. The molecule has 1 saturated heterocycles. The van der Waals surface area contributed by atoms with E-state index < -0.39 is 0 Å². The van der Waals surface area contributed by atoms with E-state index in [1.165, 1.54) is 4.68 Å². The van der Waals surface area contributed by atoms with Crippen molar-refractivity contribution in [2.45, 2.75) is 31.8 Å². The number of piperidine rings is 1. The Balaban J connectivity index is 0.00000208. The topological polar surface area (TPSA) is 96.0 Å². The number of H-pyrrole nitrogens is 1. The number of nitrogens with one attached hydrogen (secondary N) is 3. The molecule has 0 spiro atoms. The van der Waals surface area contributed by atoms with Crippen molar-refractivity contribution in [3.8, 4) is 0 Å². The van der Waals surface area contributed by atoms with Gasteiger partial charge in [0, 0.05) is 19.0 Å². The van der Waals surface area contributed by atoms with Crippen LogP contribution in [0.2, 0.25) is 0 Å². The number of hydrogen-bond acceptors (Lipinski definition) is 4. The maximum Gasteiger partial charge on any atom is 0.273 e. The van der Waals surface area contributed by atoms with Crippen LogP contribution in [0, 0.1) is 0 Å². The van der Waals surface area contributed by atoms with Gasteiger partial charge in [-0.15, -0.1) is 12.4 Å². The quantitative estimate of drug-likeness (QED) is 0.740. The van der Waals surface area contributed by atoms with E-state index in [1.807, 2.05) is 0 Å². The van der Waals surface area contributed by atoms with E-state index in [0.717, 1.165) is 25.9 Å². The monoisotopic (exact) mass is 352 g/mol. The smallest absolute Gasteiger partial charge is 0.273 e. The fraction of sp³-hybridized carbons (Fsp3) is 0.438. The summed E-state index contributed by atoms with van der Waals surface area (Å²) in [7, 11) is 0. The standard InChI is InChI=1S/C16H20N4O3.ClH/c21-14(18-11-4-3-8-17-10-11)7-9-20-16(23)13-6-2-1-5-12(13)15(22)19-20;/h1-2,5-6,11,17H,3-4,7-10H2,(H,18,21)(H,19,22);1H/t11-;/m0./s1. The Hall–Kier alpha value is -2.12. The molecular formula is C16H21ClN4O3. The van der Waals surface area contributed by atoms with Gasteiger partial charge in [-0.3, -0.25) is 19.5 Å². The number of carbonyl (C=O) groups excluding carboxylic acids is 1. The van der Waals surface area contributed by atoms with Crippen molar-refractivity contribution in [1.82, 2.24) is 20.4 Å². The van der Waals surface area contributed by atoms with E-state index >= 15 is 0 Å². The van der Waals surface area contributed by atoms with E-state index in [9.17, 15) is 14.4 Å². The predicted octanol–water partition coefficient (Wildman–Crippen LogP) is 0.370. The number of halogens is 1. The number of benzene rings is 1. The summed E-state index contributed by atoms with van der Waals surface area (Å²) in [6, 6.07) is 6.81. The van der Waals surface area contributed by atoms with Crippen molar-refractivity contribution >= 4 is 29.1 Å². The number of hydrogen-bond donors (Lipinski definition) is 3. The van der Waals surface area contributed by atoms with Gasteiger partial charge in [0.2, 0.25) is 5.91 Å². The highest BCUT2D eigenvalue weighted by Crippen LogP contribution is 2.03. The number of carbonyl (C=O) groups is 1. The molecule has 1 aliphatic heterocycles. The van der Waals surface area contributed by atoms with Crippen molar-refractivity contribution in [2.75, 3.05) is 13.1 Å². The average molecular weight is 353 g/mol. The molecule has 0 unspecified atom stereocenters. The van der Waals surface area contributed by atoms with Gasteiger partial charge in [0.25, 0.3) is 11.1 Å². The van der Waals surface area contributed by atoms with Gasteiger partial charge in [-0.1, -0.05) is 12.1 Å². The lowest BCUT2D eigenvalue weighted by atomic mass is 10.1. The minimum absolute atomic E-state index is 0. The maximum absolute atomic E-state index is 12.3. The molecule has 0 bridgehead atoms. The molecule has 0 saturated carbocycles. The third-order valence-electron chi connectivity index (χ3n) is 4.11. The summed E-state index contributed by atoms with van der Waals surface area (Å²) in [6.45, 7) is 1.92. The number of amides is 1. The molecule has 1 aromatic heterocycles. The summed E-state index contributed by atoms with van der Waals surface area (Å²) in [6.07, 6.45) is 2.17. The van der Waals surface area contributed by atoms with Crippen molar-refractivity contribution in [2.24, 2.45) is 0 Å². The lowest BCUT2D eigenvalue weighted by molar-refractivity contribution is -0.122. The molecule has 0 aliphatic carbocycles. The molecule has 2 aromatic rings. The van der Waals surface area contributed by atoms with Gasteiger partial charge >= 0.3 is 0 Å². The second-order valence-corrected chi connectivity index (χ2v) is 5.80. The number of rotatable bonds is 4. The van der Waals surface area contributed by atoms with Crippen LogP contribution in [0.1, 0.15) is 19.3 Å². The molecule has 1 aliphatic rings. The zero-order valence-corrected chi connectivity index (χ0v) is 14.0. The van der Waals surface area contributed by atoms with Gasteiger partial charge in [-0.25, -0.2) is 4.68 Å². The molecule has 3 rings (SSSR count). The van der Waals surface area contributed by atoms with Crippen LogP contribution < -0.4 is 21.8 Å². The van der Waals surface area contributed by atoms with Crippen molar-refractivity contribution in [3.05, 3.63) is 45.0 Å². The van der Waals surface area contributed by atoms with Gasteiger partial charge in [-0.2, -0.15) is 0 Å². The predicted molar refractivity (Wildman–Crippen MR) is 94.7 cm³/mol. The molecule has 3 N–H and O–H groups in total. The normalized spacial score (nSPS) is 17.2. The first-order valence-electron chi connectivity index (χ1n) is 7.87. The van der Waals surface area contributed by atoms with Crippen LogP contribution >= 0.6 is 12.4 Å². The van der Waals surface area contributed by atoms with E-state index in [1.54, 1.807) is 24.3 Å². The lowest BCUT2D eigenvalue weighted by Gasteiger charge is -2.23. The number of nitrogens with zero attached hydrogens (tertiary/aromatic N) is 1. The van der Waals surface area contributed by atoms with E-state index in [-0.39, 0.29) is 48.4 Å². The fourth-order valence-corrected chi connectivity index (χ4v) is 2.89. The molecule has 1 aromatic carbocycles. The Morgan fingerprint density at radius 1 is 1.25 bits per heavy atom. The van der Waals surface area contributed by atoms with Crippen molar-refractivity contribution in [1.29, 1.82) is 0 Å². The molecular weight excluding hydrogens is 332 g/mol. The van der Waals surface area contributed by atoms with Crippen LogP contribution in [0.4, 0.5) is 0 Å². The largest absolute Gasteiger partial charge is 0.352 e. The summed E-state index contributed by atoms with van der Waals surface area (Å²) >= 11 is 0. The number of fused-ring (bicyclic) bond motifs is 1. The third-order valence-corrected chi connectivity index (χ3v) is 4.11. The zero-order valence-electron chi connectivity index (χ0n) is 13.2. The van der Waals surface area contributed by atoms with Gasteiger partial charge < -0.3 is 10.6 Å². The first-order chi connectivity index (χ1) is 11.1. The highest BCUT2D eigenvalue weighted by molar-refractivity contribution is 5.85. The highest BCUT2D eigenvalue weighted by Gasteiger charge is 2.15. The van der Waals surface area contributed by atoms with Crippen LogP contribution in [-0.2, 0) is 11.3 Å². The summed E-state index contributed by atoms with van der Waals surface area (Å²) < 4.78 is 1.21. The van der Waals surface area contributed by atoms with Gasteiger partial charge in [-0.05, 0) is 31.5 Å². The minimum atomic E-state index is -0.322. The molecule has 7 nitrogen and oxygen atoms in total. The Morgan fingerprint density at radius 2 is 2.00 bits per heavy atom. The van der Waals surface area contributed by atoms with E-state index in [2.05, 4.69) is 15.7 Å². The molecule has 0 radical (unpaired) electrons. The molecule has 1 amide bonds. The van der Waals surface area contributed by atoms with Crippen LogP contribution in [0.5, 0.6) is 0 Å². The summed E-state index contributed by atoms with van der Waals surface area (Å²) in [5.74, 6) is -0.111. The highest BCUT2D eigenvalue weighted by atomic mass is 35.5. The summed E-state index contributed by atoms with van der Waals surface area (Å²) in [4.78, 5) is 36.3. The zero-order chi connectivity index (χ0) is 16.2. The van der Waals surface area contributed by atoms with Crippen molar-refractivity contribution in [3.63, 3.8) is 0 Å². The van der Waals surface area contributed by atoms with Gasteiger partial charge in [0.15, 0.2) is 0 Å². The van der Waals surface area contributed by atoms with Gasteiger partial charge in [0.1, 0.15) is 0 Å². The van der Waals surface area contributed by atoms with Crippen LogP contribution in [0.3, 0.4) is 0 Å². The molecule has 1 fully saturated rings. The summed E-state index contributed by atoms with van der Waals surface area (Å²) in [5, 5.41) is 9.45. The summed E-state index contributed by atoms with van der Waals surface area (Å²) in [5.41, 5.74) is -0.607. The lowest BCUT2D eigenvalue weighted by Crippen LogP contribution is -2.46. The van der Waals surface area contributed by atoms with Crippen LogP contribution in [0.25, 0.3) is 10.8 Å². The van der Waals surface area contributed by atoms with Gasteiger partial charge in [0.05, 0.1) is 17.3 Å². The first-order valence-corrected chi connectivity index (χ1v) is 7.87. The average Bonchev–Trinajstić information content (AvgIpc) is 2.58. The molecule has 130 valence electrons. The number of aromatic amines is 1. The third kappa shape index (κ3) is 4.04. The number of aryl methyl sites for hydroxylation is 1. The molecule has 24 heavy (non-hydrogen) atoms. The van der Waals surface area contributed by atoms with E-state index in [4.69, 9.17) is 0 Å². The number of aromatic nitrogens is 2. The minimum Gasteiger partial charge on any atom is -0.352 e. The Bertz CT molecular complexity index is 824.